The van der Waals surface area contributed by atoms with Crippen LogP contribution in [0.5, 0.6) is 0 Å². The lowest BCUT2D eigenvalue weighted by Gasteiger charge is -2.21. The first-order chi connectivity index (χ1) is 7.97. The molecule has 0 aliphatic carbocycles. The Morgan fingerprint density at radius 3 is 2.76 bits per heavy atom. The lowest BCUT2D eigenvalue weighted by molar-refractivity contribution is 0.187. The Morgan fingerprint density at radius 2 is 2.24 bits per heavy atom. The van der Waals surface area contributed by atoms with Crippen LogP contribution in [0, 0.1) is 17.1 Å². The largest absolute Gasteiger partial charge is 0.393 e. The van der Waals surface area contributed by atoms with Gasteiger partial charge >= 0.3 is 0 Å². The highest BCUT2D eigenvalue weighted by Gasteiger charge is 2.14. The van der Waals surface area contributed by atoms with Crippen LogP contribution in [0.1, 0.15) is 18.9 Å². The number of benzene rings is 1. The van der Waals surface area contributed by atoms with Gasteiger partial charge in [-0.2, -0.15) is 5.26 Å². The van der Waals surface area contributed by atoms with Gasteiger partial charge in [-0.05, 0) is 41.4 Å². The molecule has 5 heteroatoms. The molecule has 0 aliphatic heterocycles. The van der Waals surface area contributed by atoms with Gasteiger partial charge in [0.2, 0.25) is 0 Å². The number of aliphatic hydroxyl groups is 1. The zero-order valence-corrected chi connectivity index (χ0v) is 11.3. The van der Waals surface area contributed by atoms with E-state index in [0.29, 0.717) is 18.7 Å². The fraction of sp³-hybridized carbons (Fsp3) is 0.417. The number of nitriles is 1. The van der Waals surface area contributed by atoms with Gasteiger partial charge in [0.1, 0.15) is 6.07 Å². The van der Waals surface area contributed by atoms with Crippen molar-refractivity contribution >= 4 is 21.6 Å². The summed E-state index contributed by atoms with van der Waals surface area (Å²) in [6.45, 7) is 2.24. The molecule has 0 aromatic heterocycles. The van der Waals surface area contributed by atoms with Crippen molar-refractivity contribution in [3.05, 3.63) is 28.0 Å². The molecule has 1 N–H and O–H groups in total. The fourth-order valence-electron chi connectivity index (χ4n) is 1.42. The number of halogens is 2. The van der Waals surface area contributed by atoms with Gasteiger partial charge in [0.25, 0.3) is 0 Å². The topological polar surface area (TPSA) is 47.3 Å². The number of anilines is 1. The first kappa shape index (κ1) is 13.9. The summed E-state index contributed by atoms with van der Waals surface area (Å²) in [6, 6.07) is 5.05. The standard InChI is InChI=1S/C12H14BrFN2O/c1-8(17)5-6-16(2)10-4-3-9(7-15)11(13)12(10)14/h3-4,8,17H,5-6H2,1-2H3. The summed E-state index contributed by atoms with van der Waals surface area (Å²) >= 11 is 3.07. The van der Waals surface area contributed by atoms with Crippen molar-refractivity contribution in [1.82, 2.24) is 0 Å². The molecule has 0 spiro atoms. The van der Waals surface area contributed by atoms with Crippen molar-refractivity contribution in [1.29, 1.82) is 5.26 Å². The quantitative estimate of drug-likeness (QED) is 0.930. The summed E-state index contributed by atoms with van der Waals surface area (Å²) in [5.41, 5.74) is 0.687. The summed E-state index contributed by atoms with van der Waals surface area (Å²) in [6.07, 6.45) is 0.149. The average molecular weight is 301 g/mol. The molecule has 1 aromatic rings. The molecule has 0 bridgehead atoms. The second-order valence-corrected chi connectivity index (χ2v) is 4.72. The van der Waals surface area contributed by atoms with Crippen molar-refractivity contribution in [3.63, 3.8) is 0 Å². The normalized spacial score (nSPS) is 12.0. The predicted octanol–water partition coefficient (Wildman–Crippen LogP) is 2.67. The van der Waals surface area contributed by atoms with Crippen LogP contribution in [0.2, 0.25) is 0 Å². The van der Waals surface area contributed by atoms with E-state index in [1.165, 1.54) is 0 Å². The first-order valence-corrected chi connectivity index (χ1v) is 6.04. The highest BCUT2D eigenvalue weighted by atomic mass is 79.9. The average Bonchev–Trinajstić information content (AvgIpc) is 2.29. The minimum absolute atomic E-state index is 0.182. The van der Waals surface area contributed by atoms with E-state index in [1.807, 2.05) is 6.07 Å². The lowest BCUT2D eigenvalue weighted by atomic mass is 10.2. The molecule has 0 amide bonds. The van der Waals surface area contributed by atoms with E-state index in [1.54, 1.807) is 31.0 Å². The minimum atomic E-state index is -0.447. The molecule has 0 radical (unpaired) electrons. The monoisotopic (exact) mass is 300 g/mol. The molecule has 1 unspecified atom stereocenters. The van der Waals surface area contributed by atoms with Gasteiger partial charge in [0.05, 0.1) is 21.8 Å². The van der Waals surface area contributed by atoms with Crippen molar-refractivity contribution in [2.75, 3.05) is 18.5 Å². The van der Waals surface area contributed by atoms with E-state index in [4.69, 9.17) is 5.26 Å². The van der Waals surface area contributed by atoms with Crippen LogP contribution in [0.3, 0.4) is 0 Å². The summed E-state index contributed by atoms with van der Waals surface area (Å²) < 4.78 is 14.1. The molecular formula is C12H14BrFN2O. The Morgan fingerprint density at radius 1 is 1.59 bits per heavy atom. The molecule has 1 aromatic carbocycles. The molecule has 92 valence electrons. The Labute approximate surface area is 109 Å². The van der Waals surface area contributed by atoms with Gasteiger partial charge in [-0.15, -0.1) is 0 Å². The summed E-state index contributed by atoms with van der Waals surface area (Å²) in [5, 5.41) is 17.9. The summed E-state index contributed by atoms with van der Waals surface area (Å²) in [5.74, 6) is -0.447. The number of hydrogen-bond donors (Lipinski definition) is 1. The second kappa shape index (κ2) is 5.99. The maximum Gasteiger partial charge on any atom is 0.161 e. The first-order valence-electron chi connectivity index (χ1n) is 5.24. The van der Waals surface area contributed by atoms with E-state index in [2.05, 4.69) is 15.9 Å². The fourth-order valence-corrected chi connectivity index (χ4v) is 1.85. The molecule has 0 heterocycles. The van der Waals surface area contributed by atoms with E-state index in [9.17, 15) is 9.50 Å². The minimum Gasteiger partial charge on any atom is -0.393 e. The van der Waals surface area contributed by atoms with Crippen LogP contribution < -0.4 is 4.90 Å². The number of hydrogen-bond acceptors (Lipinski definition) is 3. The van der Waals surface area contributed by atoms with E-state index in [0.717, 1.165) is 0 Å². The highest BCUT2D eigenvalue weighted by Crippen LogP contribution is 2.28. The number of rotatable bonds is 4. The maximum absolute atomic E-state index is 13.9. The number of nitrogens with zero attached hydrogens (tertiary/aromatic N) is 2. The van der Waals surface area contributed by atoms with Crippen molar-refractivity contribution < 1.29 is 9.50 Å². The van der Waals surface area contributed by atoms with Crippen LogP contribution >= 0.6 is 15.9 Å². The van der Waals surface area contributed by atoms with Gasteiger partial charge in [-0.3, -0.25) is 0 Å². The van der Waals surface area contributed by atoms with Gasteiger partial charge in [0.15, 0.2) is 5.82 Å². The summed E-state index contributed by atoms with van der Waals surface area (Å²) in [7, 11) is 1.75. The molecule has 0 saturated heterocycles. The zero-order chi connectivity index (χ0) is 13.0. The number of aliphatic hydroxyl groups excluding tert-OH is 1. The Hall–Kier alpha value is -1.12. The van der Waals surface area contributed by atoms with Crippen LogP contribution in [-0.4, -0.2) is 24.8 Å². The molecule has 1 rings (SSSR count). The predicted molar refractivity (Wildman–Crippen MR) is 68.4 cm³/mol. The maximum atomic E-state index is 13.9. The molecular weight excluding hydrogens is 287 g/mol. The molecule has 0 saturated carbocycles. The van der Waals surface area contributed by atoms with E-state index in [-0.39, 0.29) is 10.0 Å². The third-order valence-corrected chi connectivity index (χ3v) is 3.25. The van der Waals surface area contributed by atoms with Crippen LogP contribution in [-0.2, 0) is 0 Å². The van der Waals surface area contributed by atoms with Crippen LogP contribution in [0.4, 0.5) is 10.1 Å². The van der Waals surface area contributed by atoms with Gasteiger partial charge in [0, 0.05) is 13.6 Å². The smallest absolute Gasteiger partial charge is 0.161 e. The molecule has 17 heavy (non-hydrogen) atoms. The van der Waals surface area contributed by atoms with Crippen LogP contribution in [0.15, 0.2) is 16.6 Å². The third kappa shape index (κ3) is 3.42. The Balaban J connectivity index is 2.92. The van der Waals surface area contributed by atoms with Crippen LogP contribution in [0.25, 0.3) is 0 Å². The molecule has 1 atom stereocenters. The SMILES string of the molecule is CC(O)CCN(C)c1ccc(C#N)c(Br)c1F. The molecule has 0 aliphatic rings. The third-order valence-electron chi connectivity index (χ3n) is 2.48. The van der Waals surface area contributed by atoms with E-state index >= 15 is 0 Å². The Kier molecular flexibility index (Phi) is 4.91. The molecule has 3 nitrogen and oxygen atoms in total. The van der Waals surface area contributed by atoms with Crippen molar-refractivity contribution in [3.8, 4) is 6.07 Å². The van der Waals surface area contributed by atoms with Crippen molar-refractivity contribution in [2.24, 2.45) is 0 Å². The zero-order valence-electron chi connectivity index (χ0n) is 9.74. The summed E-state index contributed by atoms with van der Waals surface area (Å²) in [4.78, 5) is 1.72. The van der Waals surface area contributed by atoms with Gasteiger partial charge in [-0.1, -0.05) is 0 Å². The van der Waals surface area contributed by atoms with Gasteiger partial charge in [-0.25, -0.2) is 4.39 Å². The van der Waals surface area contributed by atoms with Crippen molar-refractivity contribution in [2.45, 2.75) is 19.4 Å². The van der Waals surface area contributed by atoms with E-state index < -0.39 is 11.9 Å². The second-order valence-electron chi connectivity index (χ2n) is 3.93. The Bertz CT molecular complexity index is 443. The van der Waals surface area contributed by atoms with Gasteiger partial charge < -0.3 is 10.0 Å². The highest BCUT2D eigenvalue weighted by molar-refractivity contribution is 9.10. The lowest BCUT2D eigenvalue weighted by Crippen LogP contribution is -2.22. The molecule has 0 fully saturated rings.